The van der Waals surface area contributed by atoms with Crippen LogP contribution in [0.1, 0.15) is 85.5 Å². The molecular weight excluding hydrogens is 216 g/mol. The second-order valence-electron chi connectivity index (χ2n) is 8.00. The molecule has 5 unspecified atom stereocenters. The van der Waals surface area contributed by atoms with Crippen LogP contribution < -0.4 is 0 Å². The Kier molecular flexibility index (Phi) is 4.78. The van der Waals surface area contributed by atoms with Gasteiger partial charge in [0, 0.05) is 0 Å². The maximum Gasteiger partial charge on any atom is -0.0320 e. The second kappa shape index (κ2) is 5.97. The number of rotatable bonds is 7. The maximum atomic E-state index is 2.58. The minimum Gasteiger partial charge on any atom is -0.0654 e. The van der Waals surface area contributed by atoms with Crippen molar-refractivity contribution in [2.24, 2.45) is 29.1 Å². The van der Waals surface area contributed by atoms with E-state index in [1.54, 1.807) is 12.8 Å². The van der Waals surface area contributed by atoms with Crippen molar-refractivity contribution in [2.75, 3.05) is 0 Å². The topological polar surface area (TPSA) is 0 Å². The van der Waals surface area contributed by atoms with E-state index in [2.05, 4.69) is 27.7 Å². The van der Waals surface area contributed by atoms with Crippen molar-refractivity contribution in [3.05, 3.63) is 0 Å². The second-order valence-corrected chi connectivity index (χ2v) is 8.00. The van der Waals surface area contributed by atoms with Gasteiger partial charge in [-0.2, -0.15) is 0 Å². The Balaban J connectivity index is 1.67. The molecule has 0 aromatic rings. The molecule has 0 amide bonds. The van der Waals surface area contributed by atoms with E-state index < -0.39 is 0 Å². The van der Waals surface area contributed by atoms with Crippen LogP contribution >= 0.6 is 0 Å². The quantitative estimate of drug-likeness (QED) is 0.482. The van der Waals surface area contributed by atoms with Crippen LogP contribution in [-0.4, -0.2) is 0 Å². The maximum absolute atomic E-state index is 2.58. The van der Waals surface area contributed by atoms with Gasteiger partial charge in [-0.05, 0) is 54.8 Å². The van der Waals surface area contributed by atoms with E-state index in [9.17, 15) is 0 Å². The van der Waals surface area contributed by atoms with E-state index in [0.717, 1.165) is 23.7 Å². The van der Waals surface area contributed by atoms with E-state index in [1.165, 1.54) is 44.9 Å². The van der Waals surface area contributed by atoms with Crippen molar-refractivity contribution in [1.29, 1.82) is 0 Å². The van der Waals surface area contributed by atoms with Crippen LogP contribution in [0.4, 0.5) is 0 Å². The van der Waals surface area contributed by atoms with Crippen molar-refractivity contribution >= 4 is 0 Å². The fraction of sp³-hybridized carbons (Fsp3) is 1.00. The van der Waals surface area contributed by atoms with Gasteiger partial charge in [0.05, 0.1) is 0 Å². The molecule has 2 rings (SSSR count). The van der Waals surface area contributed by atoms with Gasteiger partial charge in [-0.15, -0.1) is 0 Å². The Hall–Kier alpha value is 0. The number of unbranched alkanes of at least 4 members (excludes halogenated alkanes) is 2. The van der Waals surface area contributed by atoms with Crippen LogP contribution in [0.15, 0.2) is 0 Å². The fourth-order valence-corrected chi connectivity index (χ4v) is 4.67. The van der Waals surface area contributed by atoms with Crippen molar-refractivity contribution in [1.82, 2.24) is 0 Å². The Morgan fingerprint density at radius 3 is 2.56 bits per heavy atom. The lowest BCUT2D eigenvalue weighted by Gasteiger charge is -2.37. The molecule has 106 valence electrons. The molecule has 0 aliphatic heterocycles. The standard InChI is InChI=1S/C18H34/c1-5-6-7-8-14(2)9-10-18(4)12-16-11-15(3)17(16)13-18/h14-17H,5-13H2,1-4H3. The summed E-state index contributed by atoms with van der Waals surface area (Å²) in [4.78, 5) is 0. The highest BCUT2D eigenvalue weighted by Crippen LogP contribution is 2.59. The third-order valence-electron chi connectivity index (χ3n) is 6.04. The monoisotopic (exact) mass is 250 g/mol. The van der Waals surface area contributed by atoms with Crippen molar-refractivity contribution in [3.8, 4) is 0 Å². The van der Waals surface area contributed by atoms with Crippen molar-refractivity contribution < 1.29 is 0 Å². The van der Waals surface area contributed by atoms with E-state index in [4.69, 9.17) is 0 Å². The first-order chi connectivity index (χ1) is 8.54. The molecule has 0 aromatic carbocycles. The summed E-state index contributed by atoms with van der Waals surface area (Å²) in [5.74, 6) is 4.22. The lowest BCUT2D eigenvalue weighted by Crippen LogP contribution is -2.29. The predicted octanol–water partition coefficient (Wildman–Crippen LogP) is 6.06. The number of hydrogen-bond acceptors (Lipinski definition) is 0. The van der Waals surface area contributed by atoms with Crippen molar-refractivity contribution in [2.45, 2.75) is 85.5 Å². The number of fused-ring (bicyclic) bond motifs is 1. The summed E-state index contributed by atoms with van der Waals surface area (Å²) >= 11 is 0. The first kappa shape index (κ1) is 14.4. The van der Waals surface area contributed by atoms with E-state index >= 15 is 0 Å². The molecule has 2 aliphatic rings. The normalized spacial score (nSPS) is 40.3. The average molecular weight is 250 g/mol. The first-order valence-electron chi connectivity index (χ1n) is 8.54. The van der Waals surface area contributed by atoms with Gasteiger partial charge in [0.25, 0.3) is 0 Å². The minimum absolute atomic E-state index is 0.707. The van der Waals surface area contributed by atoms with Crippen LogP contribution in [0.3, 0.4) is 0 Å². The molecule has 18 heavy (non-hydrogen) atoms. The highest BCUT2D eigenvalue weighted by molar-refractivity contribution is 4.99. The third kappa shape index (κ3) is 3.31. The van der Waals surface area contributed by atoms with Crippen LogP contribution in [-0.2, 0) is 0 Å². The molecule has 5 atom stereocenters. The molecule has 2 saturated carbocycles. The molecular formula is C18H34. The van der Waals surface area contributed by atoms with Gasteiger partial charge < -0.3 is 0 Å². The zero-order chi connectivity index (χ0) is 13.2. The minimum atomic E-state index is 0.707. The Labute approximate surface area is 115 Å². The summed E-state index contributed by atoms with van der Waals surface area (Å²) < 4.78 is 0. The van der Waals surface area contributed by atoms with Gasteiger partial charge in [-0.1, -0.05) is 59.8 Å². The summed E-state index contributed by atoms with van der Waals surface area (Å²) in [6.45, 7) is 9.84. The predicted molar refractivity (Wildman–Crippen MR) is 80.6 cm³/mol. The summed E-state index contributed by atoms with van der Waals surface area (Å²) in [5.41, 5.74) is 0.707. The van der Waals surface area contributed by atoms with Gasteiger partial charge in [-0.3, -0.25) is 0 Å². The lowest BCUT2D eigenvalue weighted by molar-refractivity contribution is 0.120. The fourth-order valence-electron chi connectivity index (χ4n) is 4.67. The smallest absolute Gasteiger partial charge is 0.0320 e. The van der Waals surface area contributed by atoms with Crippen LogP contribution in [0, 0.1) is 29.1 Å². The van der Waals surface area contributed by atoms with Gasteiger partial charge in [-0.25, -0.2) is 0 Å². The molecule has 0 heteroatoms. The molecule has 2 aliphatic carbocycles. The summed E-state index contributed by atoms with van der Waals surface area (Å²) in [6, 6.07) is 0. The summed E-state index contributed by atoms with van der Waals surface area (Å²) in [7, 11) is 0. The summed E-state index contributed by atoms with van der Waals surface area (Å²) in [5, 5.41) is 0. The third-order valence-corrected chi connectivity index (χ3v) is 6.04. The van der Waals surface area contributed by atoms with Crippen LogP contribution in [0.25, 0.3) is 0 Å². The average Bonchev–Trinajstić information content (AvgIpc) is 2.60. The Bertz CT molecular complexity index is 257. The molecule has 0 aromatic heterocycles. The molecule has 0 spiro atoms. The zero-order valence-corrected chi connectivity index (χ0v) is 13.2. The Morgan fingerprint density at radius 2 is 1.94 bits per heavy atom. The molecule has 0 radical (unpaired) electrons. The first-order valence-corrected chi connectivity index (χ1v) is 8.54. The SMILES string of the molecule is CCCCCC(C)CCC1(C)CC2CC(C)C2C1. The van der Waals surface area contributed by atoms with Gasteiger partial charge in [0.2, 0.25) is 0 Å². The molecule has 0 saturated heterocycles. The van der Waals surface area contributed by atoms with Crippen molar-refractivity contribution in [3.63, 3.8) is 0 Å². The molecule has 0 bridgehead atoms. The van der Waals surface area contributed by atoms with Crippen LogP contribution in [0.2, 0.25) is 0 Å². The van der Waals surface area contributed by atoms with Crippen LogP contribution in [0.5, 0.6) is 0 Å². The highest BCUT2D eigenvalue weighted by Gasteiger charge is 2.49. The lowest BCUT2D eigenvalue weighted by atomic mass is 9.68. The highest BCUT2D eigenvalue weighted by atomic mass is 14.5. The summed E-state index contributed by atoms with van der Waals surface area (Å²) in [6.07, 6.45) is 13.3. The van der Waals surface area contributed by atoms with Gasteiger partial charge in [0.1, 0.15) is 0 Å². The van der Waals surface area contributed by atoms with E-state index in [1.807, 2.05) is 0 Å². The zero-order valence-electron chi connectivity index (χ0n) is 13.2. The number of hydrogen-bond donors (Lipinski definition) is 0. The van der Waals surface area contributed by atoms with E-state index in [0.29, 0.717) is 5.41 Å². The molecule has 2 fully saturated rings. The largest absolute Gasteiger partial charge is 0.0654 e. The van der Waals surface area contributed by atoms with Gasteiger partial charge >= 0.3 is 0 Å². The van der Waals surface area contributed by atoms with E-state index in [-0.39, 0.29) is 0 Å². The Morgan fingerprint density at radius 1 is 1.17 bits per heavy atom. The van der Waals surface area contributed by atoms with Gasteiger partial charge in [0.15, 0.2) is 0 Å². The molecule has 0 N–H and O–H groups in total. The molecule has 0 heterocycles. The molecule has 0 nitrogen and oxygen atoms in total.